The van der Waals surface area contributed by atoms with Crippen LogP contribution >= 0.6 is 0 Å². The van der Waals surface area contributed by atoms with Gasteiger partial charge in [-0.15, -0.1) is 0 Å². The topological polar surface area (TPSA) is 78.9 Å². The molecule has 0 N–H and O–H groups in total. The standard InChI is InChI=1S/C54H100O6/c1-4-7-10-13-16-19-22-24-25-26-27-28-29-30-33-35-38-41-44-47-53(56)59-50-51(60-54(57)48-45-42-39-36-31-21-18-15-12-9-6-3)49-58-52(55)46-43-40-37-34-32-23-20-17-14-11-8-5-2/h15,18,24-25,51H,4-14,16-17,19-23,26-50H2,1-3H3/b18-15-,25-24-/t51-/m0/s1. The van der Waals surface area contributed by atoms with Crippen molar-refractivity contribution >= 4 is 17.9 Å². The summed E-state index contributed by atoms with van der Waals surface area (Å²) < 4.78 is 16.8. The monoisotopic (exact) mass is 845 g/mol. The Morgan fingerprint density at radius 3 is 0.883 bits per heavy atom. The predicted molar refractivity (Wildman–Crippen MR) is 256 cm³/mol. The van der Waals surface area contributed by atoms with Crippen molar-refractivity contribution in [2.75, 3.05) is 13.2 Å². The van der Waals surface area contributed by atoms with Gasteiger partial charge in [-0.1, -0.05) is 225 Å². The molecule has 6 nitrogen and oxygen atoms in total. The third-order valence-corrected chi connectivity index (χ3v) is 11.7. The summed E-state index contributed by atoms with van der Waals surface area (Å²) in [5, 5.41) is 0. The Morgan fingerprint density at radius 1 is 0.317 bits per heavy atom. The number of hydrogen-bond donors (Lipinski definition) is 0. The lowest BCUT2D eigenvalue weighted by Gasteiger charge is -2.18. The van der Waals surface area contributed by atoms with Gasteiger partial charge in [-0.25, -0.2) is 0 Å². The maximum atomic E-state index is 12.7. The van der Waals surface area contributed by atoms with Crippen LogP contribution in [0, 0.1) is 0 Å². The highest BCUT2D eigenvalue weighted by Crippen LogP contribution is 2.16. The number of carbonyl (C=O) groups is 3. The maximum Gasteiger partial charge on any atom is 0.306 e. The SMILES string of the molecule is CCCC/C=C\CCCCCCCC(=O)O[C@H](COC(=O)CCCCCCCCCCC/C=C\CCCCCCCC)COC(=O)CCCCCCCCCCCCCC. The minimum Gasteiger partial charge on any atom is -0.462 e. The van der Waals surface area contributed by atoms with Crippen molar-refractivity contribution in [3.05, 3.63) is 24.3 Å². The van der Waals surface area contributed by atoms with E-state index in [1.165, 1.54) is 180 Å². The summed E-state index contributed by atoms with van der Waals surface area (Å²) >= 11 is 0. The molecule has 0 aliphatic rings. The fourth-order valence-corrected chi connectivity index (χ4v) is 7.65. The smallest absolute Gasteiger partial charge is 0.306 e. The third kappa shape index (κ3) is 46.9. The van der Waals surface area contributed by atoms with Crippen LogP contribution in [0.4, 0.5) is 0 Å². The zero-order chi connectivity index (χ0) is 43.7. The molecule has 0 radical (unpaired) electrons. The molecule has 0 amide bonds. The predicted octanol–water partition coefficient (Wildman–Crippen LogP) is 17.2. The number of hydrogen-bond acceptors (Lipinski definition) is 6. The van der Waals surface area contributed by atoms with E-state index in [1.54, 1.807) is 0 Å². The largest absolute Gasteiger partial charge is 0.462 e. The summed E-state index contributed by atoms with van der Waals surface area (Å²) in [7, 11) is 0. The van der Waals surface area contributed by atoms with Crippen LogP contribution < -0.4 is 0 Å². The van der Waals surface area contributed by atoms with E-state index in [2.05, 4.69) is 45.1 Å². The van der Waals surface area contributed by atoms with Crippen molar-refractivity contribution in [3.8, 4) is 0 Å². The molecular formula is C54H100O6. The maximum absolute atomic E-state index is 12.7. The number of esters is 3. The summed E-state index contributed by atoms with van der Waals surface area (Å²) in [6.45, 7) is 6.61. The van der Waals surface area contributed by atoms with Crippen LogP contribution in [-0.4, -0.2) is 37.2 Å². The number of ether oxygens (including phenoxy) is 3. The molecule has 60 heavy (non-hydrogen) atoms. The number of allylic oxidation sites excluding steroid dienone is 4. The molecule has 0 aromatic heterocycles. The first-order valence-corrected chi connectivity index (χ1v) is 26.3. The quantitative estimate of drug-likeness (QED) is 0.0263. The lowest BCUT2D eigenvalue weighted by Crippen LogP contribution is -2.30. The molecule has 0 rings (SSSR count). The second-order valence-electron chi connectivity index (χ2n) is 17.8. The molecule has 0 aliphatic carbocycles. The Morgan fingerprint density at radius 2 is 0.567 bits per heavy atom. The van der Waals surface area contributed by atoms with Crippen LogP contribution in [0.25, 0.3) is 0 Å². The second kappa shape index (κ2) is 49.5. The van der Waals surface area contributed by atoms with Crippen LogP contribution in [0.1, 0.15) is 284 Å². The fraction of sp³-hybridized carbons (Fsp3) is 0.870. The molecule has 6 heteroatoms. The zero-order valence-electron chi connectivity index (χ0n) is 40.2. The summed E-state index contributed by atoms with van der Waals surface area (Å²) in [6.07, 6.45) is 55.9. The van der Waals surface area contributed by atoms with Crippen LogP contribution in [0.2, 0.25) is 0 Å². The minimum atomic E-state index is -0.770. The molecule has 0 spiro atoms. The van der Waals surface area contributed by atoms with Crippen molar-refractivity contribution < 1.29 is 28.6 Å². The van der Waals surface area contributed by atoms with Crippen molar-refractivity contribution in [2.45, 2.75) is 290 Å². The molecule has 0 aliphatic heterocycles. The first kappa shape index (κ1) is 57.9. The van der Waals surface area contributed by atoms with E-state index in [9.17, 15) is 14.4 Å². The fourth-order valence-electron chi connectivity index (χ4n) is 7.65. The van der Waals surface area contributed by atoms with Crippen LogP contribution in [-0.2, 0) is 28.6 Å². The summed E-state index contributed by atoms with van der Waals surface area (Å²) in [5.41, 5.74) is 0. The van der Waals surface area contributed by atoms with Gasteiger partial charge in [0, 0.05) is 19.3 Å². The van der Waals surface area contributed by atoms with Crippen molar-refractivity contribution in [1.29, 1.82) is 0 Å². The molecule has 0 aromatic carbocycles. The van der Waals surface area contributed by atoms with Crippen molar-refractivity contribution in [3.63, 3.8) is 0 Å². The van der Waals surface area contributed by atoms with Crippen molar-refractivity contribution in [2.24, 2.45) is 0 Å². The van der Waals surface area contributed by atoms with Crippen LogP contribution in [0.3, 0.4) is 0 Å². The van der Waals surface area contributed by atoms with Crippen LogP contribution in [0.15, 0.2) is 24.3 Å². The third-order valence-electron chi connectivity index (χ3n) is 11.7. The van der Waals surface area contributed by atoms with Gasteiger partial charge in [0.2, 0.25) is 0 Å². The number of carbonyl (C=O) groups excluding carboxylic acids is 3. The summed E-state index contributed by atoms with van der Waals surface area (Å²) in [4.78, 5) is 37.9. The molecular weight excluding hydrogens is 745 g/mol. The van der Waals surface area contributed by atoms with Gasteiger partial charge in [0.1, 0.15) is 13.2 Å². The highest BCUT2D eigenvalue weighted by atomic mass is 16.6. The Labute approximate surface area is 373 Å². The Hall–Kier alpha value is -2.11. The molecule has 0 aromatic rings. The minimum absolute atomic E-state index is 0.0716. The van der Waals surface area contributed by atoms with Gasteiger partial charge in [-0.3, -0.25) is 14.4 Å². The number of unbranched alkanes of at least 4 members (excludes halogenated alkanes) is 33. The van der Waals surface area contributed by atoms with E-state index in [1.807, 2.05) is 0 Å². The highest BCUT2D eigenvalue weighted by molar-refractivity contribution is 5.71. The Kier molecular flexibility index (Phi) is 47.8. The lowest BCUT2D eigenvalue weighted by atomic mass is 10.0. The Bertz CT molecular complexity index is 973. The van der Waals surface area contributed by atoms with E-state index >= 15 is 0 Å². The van der Waals surface area contributed by atoms with Gasteiger partial charge in [0.15, 0.2) is 6.10 Å². The van der Waals surface area contributed by atoms with Gasteiger partial charge in [0.25, 0.3) is 0 Å². The zero-order valence-corrected chi connectivity index (χ0v) is 40.2. The molecule has 0 bridgehead atoms. The van der Waals surface area contributed by atoms with Crippen molar-refractivity contribution in [1.82, 2.24) is 0 Å². The van der Waals surface area contributed by atoms with E-state index in [-0.39, 0.29) is 31.1 Å². The molecule has 0 fully saturated rings. The molecule has 0 saturated carbocycles. The van der Waals surface area contributed by atoms with Gasteiger partial charge in [-0.2, -0.15) is 0 Å². The van der Waals surface area contributed by atoms with E-state index in [0.29, 0.717) is 19.3 Å². The average molecular weight is 845 g/mol. The van der Waals surface area contributed by atoms with Crippen LogP contribution in [0.5, 0.6) is 0 Å². The number of rotatable bonds is 48. The first-order chi connectivity index (χ1) is 29.5. The molecule has 0 heterocycles. The normalized spacial score (nSPS) is 12.1. The summed E-state index contributed by atoms with van der Waals surface area (Å²) in [5.74, 6) is -0.872. The average Bonchev–Trinajstić information content (AvgIpc) is 3.24. The van der Waals surface area contributed by atoms with E-state index in [4.69, 9.17) is 14.2 Å². The highest BCUT2D eigenvalue weighted by Gasteiger charge is 2.19. The van der Waals surface area contributed by atoms with Gasteiger partial charge in [0.05, 0.1) is 0 Å². The summed E-state index contributed by atoms with van der Waals surface area (Å²) in [6, 6.07) is 0. The first-order valence-electron chi connectivity index (χ1n) is 26.3. The lowest BCUT2D eigenvalue weighted by molar-refractivity contribution is -0.167. The Balaban J connectivity index is 4.27. The van der Waals surface area contributed by atoms with E-state index in [0.717, 1.165) is 64.2 Å². The van der Waals surface area contributed by atoms with Gasteiger partial charge < -0.3 is 14.2 Å². The molecule has 0 saturated heterocycles. The van der Waals surface area contributed by atoms with Gasteiger partial charge >= 0.3 is 17.9 Å². The molecule has 0 unspecified atom stereocenters. The molecule has 352 valence electrons. The second-order valence-corrected chi connectivity index (χ2v) is 17.8. The van der Waals surface area contributed by atoms with E-state index < -0.39 is 6.10 Å². The van der Waals surface area contributed by atoms with Gasteiger partial charge in [-0.05, 0) is 64.2 Å². The molecule has 1 atom stereocenters.